The van der Waals surface area contributed by atoms with Crippen LogP contribution in [0.4, 0.5) is 0 Å². The molecule has 3 aromatic rings. The van der Waals surface area contributed by atoms with Crippen molar-refractivity contribution in [1.82, 2.24) is 0 Å². The van der Waals surface area contributed by atoms with Crippen LogP contribution < -0.4 is 28.4 Å². The Hall–Kier alpha value is -5.11. The normalized spacial score (nSPS) is 10.1. The van der Waals surface area contributed by atoms with Gasteiger partial charge in [0.15, 0.2) is 0 Å². The first-order valence-electron chi connectivity index (χ1n) is 13.2. The minimum atomic E-state index is -0.523. The minimum Gasteiger partial charge on any atom is -0.489 e. The molecule has 0 saturated heterocycles. The van der Waals surface area contributed by atoms with Crippen molar-refractivity contribution in [2.75, 3.05) is 33.5 Å². The van der Waals surface area contributed by atoms with Gasteiger partial charge in [-0.1, -0.05) is 50.6 Å². The zero-order valence-corrected chi connectivity index (χ0v) is 23.8. The Morgan fingerprint density at radius 1 is 0.524 bits per heavy atom. The van der Waals surface area contributed by atoms with Gasteiger partial charge in [-0.2, -0.15) is 0 Å². The summed E-state index contributed by atoms with van der Waals surface area (Å²) >= 11 is 0. The Morgan fingerprint density at radius 3 is 1.12 bits per heavy atom. The van der Waals surface area contributed by atoms with Gasteiger partial charge in [-0.3, -0.25) is 0 Å². The zero-order chi connectivity index (χ0) is 30.2. The number of benzene rings is 3. The van der Waals surface area contributed by atoms with Crippen LogP contribution in [0.2, 0.25) is 0 Å². The first-order valence-corrected chi connectivity index (χ1v) is 13.2. The molecule has 42 heavy (non-hydrogen) atoms. The molecule has 0 aliphatic carbocycles. The number of carbonyl (C=O) groups is 1. The van der Waals surface area contributed by atoms with E-state index in [0.29, 0.717) is 60.9 Å². The largest absolute Gasteiger partial charge is 0.489 e. The van der Waals surface area contributed by atoms with Crippen molar-refractivity contribution in [2.24, 2.45) is 0 Å². The summed E-state index contributed by atoms with van der Waals surface area (Å²) < 4.78 is 39.9. The second-order valence-corrected chi connectivity index (χ2v) is 8.79. The van der Waals surface area contributed by atoms with Gasteiger partial charge in [0.25, 0.3) is 0 Å². The van der Waals surface area contributed by atoms with Crippen LogP contribution in [-0.4, -0.2) is 39.5 Å². The van der Waals surface area contributed by atoms with Gasteiger partial charge < -0.3 is 33.2 Å². The van der Waals surface area contributed by atoms with E-state index >= 15 is 0 Å². The first kappa shape index (κ1) is 31.4. The number of methoxy groups -OCH3 is 1. The second kappa shape index (κ2) is 16.9. The van der Waals surface area contributed by atoms with E-state index in [9.17, 15) is 4.79 Å². The average molecular weight is 573 g/mol. The van der Waals surface area contributed by atoms with Gasteiger partial charge in [0, 0.05) is 18.2 Å². The van der Waals surface area contributed by atoms with Crippen molar-refractivity contribution < 1.29 is 38.0 Å². The molecule has 3 aromatic carbocycles. The van der Waals surface area contributed by atoms with Crippen molar-refractivity contribution in [3.63, 3.8) is 0 Å². The molecule has 8 nitrogen and oxygen atoms in total. The van der Waals surface area contributed by atoms with E-state index < -0.39 is 5.97 Å². The molecule has 0 aromatic heterocycles. The maximum Gasteiger partial charge on any atom is 0.338 e. The summed E-state index contributed by atoms with van der Waals surface area (Å²) in [6.07, 6.45) is 6.64. The summed E-state index contributed by atoms with van der Waals surface area (Å²) in [6, 6.07) is 15.8. The van der Waals surface area contributed by atoms with Crippen LogP contribution in [0.3, 0.4) is 0 Å². The van der Waals surface area contributed by atoms with Crippen LogP contribution >= 0.6 is 0 Å². The van der Waals surface area contributed by atoms with E-state index in [1.54, 1.807) is 54.6 Å². The predicted octanol–water partition coefficient (Wildman–Crippen LogP) is 6.89. The number of carbonyl (C=O) groups excluding carboxylic acids is 1. The molecule has 0 aliphatic heterocycles. The molecule has 8 heteroatoms. The van der Waals surface area contributed by atoms with E-state index in [1.165, 1.54) is 7.11 Å². The highest BCUT2D eigenvalue weighted by Crippen LogP contribution is 2.29. The molecule has 0 bridgehead atoms. The average Bonchev–Trinajstić information content (AvgIpc) is 3.01. The van der Waals surface area contributed by atoms with Crippen LogP contribution in [0, 0.1) is 0 Å². The second-order valence-electron chi connectivity index (χ2n) is 8.79. The van der Waals surface area contributed by atoms with Gasteiger partial charge in [-0.05, 0) is 47.5 Å². The quantitative estimate of drug-likeness (QED) is 0.113. The SMILES string of the molecule is C=CCOc1cc(COc2cc(OCc3cc(OCC=C)cc(OCC=C)c3)cc(C(=O)OC)c2)cc(OCC=C)c1. The van der Waals surface area contributed by atoms with Crippen molar-refractivity contribution >= 4 is 5.97 Å². The molecule has 0 atom stereocenters. The zero-order valence-electron chi connectivity index (χ0n) is 23.8. The van der Waals surface area contributed by atoms with Gasteiger partial charge in [-0.25, -0.2) is 4.79 Å². The van der Waals surface area contributed by atoms with Crippen LogP contribution in [0.25, 0.3) is 0 Å². The summed E-state index contributed by atoms with van der Waals surface area (Å²) in [5, 5.41) is 0. The highest BCUT2D eigenvalue weighted by molar-refractivity contribution is 5.90. The first-order chi connectivity index (χ1) is 20.5. The monoisotopic (exact) mass is 572 g/mol. The predicted molar refractivity (Wildman–Crippen MR) is 162 cm³/mol. The summed E-state index contributed by atoms with van der Waals surface area (Å²) in [5.74, 6) is 2.74. The molecule has 220 valence electrons. The number of ether oxygens (including phenoxy) is 7. The van der Waals surface area contributed by atoms with Crippen LogP contribution in [0.15, 0.2) is 105 Å². The molecule has 0 heterocycles. The summed E-state index contributed by atoms with van der Waals surface area (Å²) in [5.41, 5.74) is 1.87. The van der Waals surface area contributed by atoms with E-state index in [-0.39, 0.29) is 18.8 Å². The number of hydrogen-bond acceptors (Lipinski definition) is 8. The fourth-order valence-corrected chi connectivity index (χ4v) is 3.69. The molecule has 0 radical (unpaired) electrons. The Balaban J connectivity index is 1.81. The lowest BCUT2D eigenvalue weighted by Crippen LogP contribution is -2.05. The summed E-state index contributed by atoms with van der Waals surface area (Å²) in [4.78, 5) is 12.4. The van der Waals surface area contributed by atoms with Gasteiger partial charge in [0.1, 0.15) is 74.1 Å². The molecule has 0 unspecified atom stereocenters. The summed E-state index contributed by atoms with van der Waals surface area (Å²) in [6.45, 7) is 16.5. The maximum absolute atomic E-state index is 12.4. The molecular weight excluding hydrogens is 536 g/mol. The molecule has 0 saturated carbocycles. The Labute approximate surface area is 247 Å². The third-order valence-electron chi connectivity index (χ3n) is 5.46. The fraction of sp³-hybridized carbons (Fsp3) is 0.206. The lowest BCUT2D eigenvalue weighted by Gasteiger charge is -2.15. The fourth-order valence-electron chi connectivity index (χ4n) is 3.69. The van der Waals surface area contributed by atoms with E-state index in [4.69, 9.17) is 33.2 Å². The highest BCUT2D eigenvalue weighted by atomic mass is 16.5. The van der Waals surface area contributed by atoms with Crippen LogP contribution in [0.1, 0.15) is 21.5 Å². The molecule has 0 fully saturated rings. The third-order valence-corrected chi connectivity index (χ3v) is 5.46. The van der Waals surface area contributed by atoms with Crippen molar-refractivity contribution in [3.05, 3.63) is 122 Å². The lowest BCUT2D eigenvalue weighted by molar-refractivity contribution is 0.0599. The Kier molecular flexibility index (Phi) is 12.6. The van der Waals surface area contributed by atoms with Crippen molar-refractivity contribution in [1.29, 1.82) is 0 Å². The maximum atomic E-state index is 12.4. The van der Waals surface area contributed by atoms with Crippen molar-refractivity contribution in [2.45, 2.75) is 13.2 Å². The van der Waals surface area contributed by atoms with Gasteiger partial charge in [-0.15, -0.1) is 0 Å². The Morgan fingerprint density at radius 2 is 0.833 bits per heavy atom. The smallest absolute Gasteiger partial charge is 0.338 e. The molecule has 0 aliphatic rings. The molecule has 0 N–H and O–H groups in total. The minimum absolute atomic E-state index is 0.173. The lowest BCUT2D eigenvalue weighted by atomic mass is 10.2. The number of esters is 1. The third kappa shape index (κ3) is 10.1. The van der Waals surface area contributed by atoms with E-state index in [1.807, 2.05) is 24.3 Å². The molecule has 3 rings (SSSR count). The number of hydrogen-bond donors (Lipinski definition) is 0. The molecule has 0 spiro atoms. The van der Waals surface area contributed by atoms with Gasteiger partial charge >= 0.3 is 5.97 Å². The van der Waals surface area contributed by atoms with Gasteiger partial charge in [0.2, 0.25) is 0 Å². The topological polar surface area (TPSA) is 81.7 Å². The van der Waals surface area contributed by atoms with Crippen molar-refractivity contribution in [3.8, 4) is 34.5 Å². The highest BCUT2D eigenvalue weighted by Gasteiger charge is 2.13. The standard InChI is InChI=1S/C34H36O8/c1-6-10-37-28-14-25(15-29(20-28)38-11-7-2)23-41-32-18-27(34(35)36-5)19-33(22-32)42-24-26-16-30(39-12-8-3)21-31(17-26)40-13-9-4/h6-9,14-22H,1-4,10-13,23-24H2,5H3. The van der Waals surface area contributed by atoms with E-state index in [2.05, 4.69) is 26.3 Å². The van der Waals surface area contributed by atoms with E-state index in [0.717, 1.165) is 11.1 Å². The van der Waals surface area contributed by atoms with Crippen LogP contribution in [-0.2, 0) is 18.0 Å². The molecular formula is C34H36O8. The molecule has 0 amide bonds. The number of rotatable bonds is 19. The van der Waals surface area contributed by atoms with Crippen LogP contribution in [0.5, 0.6) is 34.5 Å². The summed E-state index contributed by atoms with van der Waals surface area (Å²) in [7, 11) is 1.31. The van der Waals surface area contributed by atoms with Gasteiger partial charge in [0.05, 0.1) is 12.7 Å². The Bertz CT molecular complexity index is 1220.